The zero-order valence-corrected chi connectivity index (χ0v) is 5.71. The first-order valence-electron chi connectivity index (χ1n) is 3.41. The van der Waals surface area contributed by atoms with Crippen molar-refractivity contribution >= 4 is 5.91 Å². The molecule has 1 aliphatic rings. The molecule has 0 radical (unpaired) electrons. The molecule has 4 N–H and O–H groups in total. The lowest BCUT2D eigenvalue weighted by Gasteiger charge is -2.14. The van der Waals surface area contributed by atoms with Crippen LogP contribution < -0.4 is 11.1 Å². The van der Waals surface area contributed by atoms with Crippen LogP contribution in [0.4, 0.5) is 0 Å². The number of amides is 1. The number of nitrogens with one attached hydrogen (secondary N) is 1. The van der Waals surface area contributed by atoms with Crippen molar-refractivity contribution in [3.8, 4) is 0 Å². The zero-order chi connectivity index (χ0) is 7.56. The highest BCUT2D eigenvalue weighted by Gasteiger charge is 2.25. The Morgan fingerprint density at radius 1 is 1.90 bits per heavy atom. The van der Waals surface area contributed by atoms with E-state index in [1.54, 1.807) is 0 Å². The molecule has 1 amide bonds. The van der Waals surface area contributed by atoms with Gasteiger partial charge in [-0.05, 0) is 6.42 Å². The second kappa shape index (κ2) is 2.98. The Kier molecular flexibility index (Phi) is 2.24. The van der Waals surface area contributed by atoms with Crippen molar-refractivity contribution in [2.75, 3.05) is 6.54 Å². The van der Waals surface area contributed by atoms with Gasteiger partial charge in [0.1, 0.15) is 0 Å². The highest BCUT2D eigenvalue weighted by Crippen LogP contribution is 2.09. The van der Waals surface area contributed by atoms with E-state index in [-0.39, 0.29) is 18.5 Å². The Morgan fingerprint density at radius 2 is 2.60 bits per heavy atom. The van der Waals surface area contributed by atoms with E-state index in [4.69, 9.17) is 10.8 Å². The highest BCUT2D eigenvalue weighted by atomic mass is 16.3. The number of rotatable bonds is 2. The maximum absolute atomic E-state index is 10.6. The zero-order valence-electron chi connectivity index (χ0n) is 5.71. The average Bonchev–Trinajstić information content (AvgIpc) is 2.34. The summed E-state index contributed by atoms with van der Waals surface area (Å²) in [6.45, 7) is 0.213. The van der Waals surface area contributed by atoms with Crippen LogP contribution in [0, 0.1) is 0 Å². The van der Waals surface area contributed by atoms with Crippen molar-refractivity contribution in [2.24, 2.45) is 5.73 Å². The molecule has 0 aromatic rings. The van der Waals surface area contributed by atoms with Crippen LogP contribution in [0.2, 0.25) is 0 Å². The molecule has 0 bridgehead atoms. The summed E-state index contributed by atoms with van der Waals surface area (Å²) in [6.07, 6.45) is 0.644. The van der Waals surface area contributed by atoms with Crippen LogP contribution in [-0.4, -0.2) is 29.7 Å². The Morgan fingerprint density at radius 3 is 3.00 bits per heavy atom. The van der Waals surface area contributed by atoms with Gasteiger partial charge >= 0.3 is 0 Å². The molecule has 0 aromatic heterocycles. The Bertz CT molecular complexity index is 138. The van der Waals surface area contributed by atoms with E-state index in [1.807, 2.05) is 0 Å². The van der Waals surface area contributed by atoms with Crippen molar-refractivity contribution < 1.29 is 9.90 Å². The number of nitrogens with two attached hydrogens (primary N) is 1. The molecule has 10 heavy (non-hydrogen) atoms. The first-order chi connectivity index (χ1) is 4.74. The van der Waals surface area contributed by atoms with E-state index in [1.165, 1.54) is 0 Å². The summed E-state index contributed by atoms with van der Waals surface area (Å²) < 4.78 is 0. The molecule has 2 atom stereocenters. The number of aliphatic hydroxyl groups is 1. The summed E-state index contributed by atoms with van der Waals surface area (Å²) in [7, 11) is 0. The molecule has 0 saturated carbocycles. The molecule has 0 spiro atoms. The van der Waals surface area contributed by atoms with Crippen LogP contribution in [-0.2, 0) is 4.79 Å². The molecular weight excluding hydrogens is 132 g/mol. The molecule has 0 aromatic carbocycles. The predicted octanol–water partition coefficient (Wildman–Crippen LogP) is -1.42. The summed E-state index contributed by atoms with van der Waals surface area (Å²) in [5.41, 5.74) is 5.20. The Hall–Kier alpha value is -0.610. The summed E-state index contributed by atoms with van der Waals surface area (Å²) in [5.74, 6) is 0.0116. The smallest absolute Gasteiger partial charge is 0.220 e. The van der Waals surface area contributed by atoms with Gasteiger partial charge in [0, 0.05) is 13.0 Å². The lowest BCUT2D eigenvalue weighted by atomic mass is 10.1. The number of carbonyl (C=O) groups is 1. The fourth-order valence-electron chi connectivity index (χ4n) is 1.09. The van der Waals surface area contributed by atoms with Gasteiger partial charge in [-0.25, -0.2) is 0 Å². The first kappa shape index (κ1) is 7.50. The van der Waals surface area contributed by atoms with Gasteiger partial charge in [-0.1, -0.05) is 0 Å². The van der Waals surface area contributed by atoms with Gasteiger partial charge in [0.05, 0.1) is 12.1 Å². The molecule has 1 saturated heterocycles. The average molecular weight is 144 g/mol. The number of aliphatic hydroxyl groups excluding tert-OH is 1. The minimum Gasteiger partial charge on any atom is -0.390 e. The summed E-state index contributed by atoms with van der Waals surface area (Å²) in [6, 6.07) is -0.113. The van der Waals surface area contributed by atoms with Crippen molar-refractivity contribution in [2.45, 2.75) is 25.0 Å². The molecule has 0 aliphatic carbocycles. The minimum atomic E-state index is -0.577. The molecular formula is C6H12N2O2. The van der Waals surface area contributed by atoms with Gasteiger partial charge in [-0.3, -0.25) is 4.79 Å². The van der Waals surface area contributed by atoms with Crippen LogP contribution in [0.25, 0.3) is 0 Å². The topological polar surface area (TPSA) is 75.3 Å². The van der Waals surface area contributed by atoms with Gasteiger partial charge in [-0.15, -0.1) is 0 Å². The lowest BCUT2D eigenvalue weighted by Crippen LogP contribution is -2.40. The van der Waals surface area contributed by atoms with Gasteiger partial charge in [-0.2, -0.15) is 0 Å². The standard InChI is InChI=1S/C6H12N2O2/c7-3-5(9)4-1-2-6(10)8-4/h4-5,9H,1-3,7H2,(H,8,10)/t4-,5?/m0/s1. The molecule has 1 unspecified atom stereocenters. The molecule has 1 fully saturated rings. The van der Waals surface area contributed by atoms with E-state index >= 15 is 0 Å². The second-order valence-corrected chi connectivity index (χ2v) is 2.52. The maximum Gasteiger partial charge on any atom is 0.220 e. The summed E-state index contributed by atoms with van der Waals surface area (Å²) in [4.78, 5) is 10.6. The van der Waals surface area contributed by atoms with Gasteiger partial charge in [0.2, 0.25) is 5.91 Å². The lowest BCUT2D eigenvalue weighted by molar-refractivity contribution is -0.119. The Labute approximate surface area is 59.4 Å². The van der Waals surface area contributed by atoms with Crippen molar-refractivity contribution in [1.29, 1.82) is 0 Å². The van der Waals surface area contributed by atoms with Crippen molar-refractivity contribution in [1.82, 2.24) is 5.32 Å². The van der Waals surface area contributed by atoms with Crippen molar-refractivity contribution in [3.63, 3.8) is 0 Å². The second-order valence-electron chi connectivity index (χ2n) is 2.52. The monoisotopic (exact) mass is 144 g/mol. The molecule has 4 nitrogen and oxygen atoms in total. The van der Waals surface area contributed by atoms with E-state index < -0.39 is 6.10 Å². The summed E-state index contributed by atoms with van der Waals surface area (Å²) in [5, 5.41) is 11.8. The minimum absolute atomic E-state index is 0.0116. The van der Waals surface area contributed by atoms with E-state index in [0.717, 1.165) is 0 Å². The van der Waals surface area contributed by atoms with E-state index in [0.29, 0.717) is 12.8 Å². The maximum atomic E-state index is 10.6. The highest BCUT2D eigenvalue weighted by molar-refractivity contribution is 5.78. The predicted molar refractivity (Wildman–Crippen MR) is 36.2 cm³/mol. The number of carbonyl (C=O) groups excluding carboxylic acids is 1. The normalized spacial score (nSPS) is 28.2. The quantitative estimate of drug-likeness (QED) is 0.445. The van der Waals surface area contributed by atoms with E-state index in [9.17, 15) is 4.79 Å². The third kappa shape index (κ3) is 1.46. The molecule has 1 aliphatic heterocycles. The molecule has 1 heterocycles. The number of hydrogen-bond donors (Lipinski definition) is 3. The van der Waals surface area contributed by atoms with Crippen LogP contribution in [0.15, 0.2) is 0 Å². The Balaban J connectivity index is 2.36. The largest absolute Gasteiger partial charge is 0.390 e. The van der Waals surface area contributed by atoms with Crippen LogP contribution in [0.3, 0.4) is 0 Å². The third-order valence-corrected chi connectivity index (χ3v) is 1.73. The van der Waals surface area contributed by atoms with Gasteiger partial charge < -0.3 is 16.2 Å². The first-order valence-corrected chi connectivity index (χ1v) is 3.41. The fraction of sp³-hybridized carbons (Fsp3) is 0.833. The third-order valence-electron chi connectivity index (χ3n) is 1.73. The van der Waals surface area contributed by atoms with Crippen molar-refractivity contribution in [3.05, 3.63) is 0 Å². The molecule has 4 heteroatoms. The molecule has 1 rings (SSSR count). The van der Waals surface area contributed by atoms with Crippen LogP contribution in [0.5, 0.6) is 0 Å². The van der Waals surface area contributed by atoms with Gasteiger partial charge in [0.25, 0.3) is 0 Å². The fourth-order valence-corrected chi connectivity index (χ4v) is 1.09. The summed E-state index contributed by atoms with van der Waals surface area (Å²) >= 11 is 0. The van der Waals surface area contributed by atoms with Crippen LogP contribution in [0.1, 0.15) is 12.8 Å². The molecule has 58 valence electrons. The van der Waals surface area contributed by atoms with Gasteiger partial charge in [0.15, 0.2) is 0 Å². The SMILES string of the molecule is NCC(O)[C@@H]1CCC(=O)N1. The van der Waals surface area contributed by atoms with E-state index in [2.05, 4.69) is 5.32 Å². The van der Waals surface area contributed by atoms with Crippen LogP contribution >= 0.6 is 0 Å². The number of hydrogen-bond acceptors (Lipinski definition) is 3.